The molecule has 46 heavy (non-hydrogen) atoms. The van der Waals surface area contributed by atoms with E-state index in [1.54, 1.807) is 60.7 Å². The summed E-state index contributed by atoms with van der Waals surface area (Å²) in [5, 5.41) is 7.91. The molecule has 0 radical (unpaired) electrons. The normalized spacial score (nSPS) is 11.8. The highest BCUT2D eigenvalue weighted by Crippen LogP contribution is 2.37. The Morgan fingerprint density at radius 2 is 1.35 bits per heavy atom. The number of hydrogen-bond donors (Lipinski definition) is 3. The van der Waals surface area contributed by atoms with E-state index < -0.39 is 22.9 Å². The zero-order valence-corrected chi connectivity index (χ0v) is 26.1. The fourth-order valence-corrected chi connectivity index (χ4v) is 5.91. The molecular formula is C38H32FN3O3S. The first-order valence-electron chi connectivity index (χ1n) is 14.6. The van der Waals surface area contributed by atoms with Gasteiger partial charge in [0.1, 0.15) is 16.8 Å². The van der Waals surface area contributed by atoms with Crippen molar-refractivity contribution in [2.24, 2.45) is 0 Å². The number of thioether (sulfide) groups is 1. The Labute approximate surface area is 271 Å². The summed E-state index contributed by atoms with van der Waals surface area (Å²) in [6, 6.07) is 36.9. The van der Waals surface area contributed by atoms with Crippen molar-refractivity contribution in [2.45, 2.75) is 24.0 Å². The molecule has 6 nitrogen and oxygen atoms in total. The Hall–Kier alpha value is -5.47. The number of benzene rings is 5. The second-order valence-electron chi connectivity index (χ2n) is 10.7. The van der Waals surface area contributed by atoms with Gasteiger partial charge in [0.05, 0.1) is 0 Å². The van der Waals surface area contributed by atoms with Crippen molar-refractivity contribution in [2.75, 3.05) is 10.6 Å². The number of hydrogen-bond acceptors (Lipinski definition) is 4. The molecule has 0 fully saturated rings. The smallest absolute Gasteiger partial charge is 0.272 e. The third kappa shape index (κ3) is 8.58. The largest absolute Gasteiger partial charge is 0.325 e. The van der Waals surface area contributed by atoms with Crippen LogP contribution in [0.15, 0.2) is 138 Å². The van der Waals surface area contributed by atoms with E-state index in [0.717, 1.165) is 27.3 Å². The number of nitrogens with one attached hydrogen (secondary N) is 3. The molecule has 0 bridgehead atoms. The van der Waals surface area contributed by atoms with Gasteiger partial charge in [-0.25, -0.2) is 4.39 Å². The molecule has 1 atom stereocenters. The van der Waals surface area contributed by atoms with Crippen molar-refractivity contribution in [3.8, 4) is 0 Å². The van der Waals surface area contributed by atoms with Crippen molar-refractivity contribution in [1.29, 1.82) is 0 Å². The summed E-state index contributed by atoms with van der Waals surface area (Å²) in [6.07, 6.45) is 1.30. The highest BCUT2D eigenvalue weighted by molar-refractivity contribution is 8.00. The van der Waals surface area contributed by atoms with Gasteiger partial charge in [0, 0.05) is 27.4 Å². The standard InChI is InChI=1S/C38H32FN3O3S/c1-25-20-26(2)22-31(21-25)41-38(45)35(27-12-5-3-6-13-27)46-32-18-11-17-30(24-32)40-37(44)34(23-29-16-9-10-19-33(29)39)42-36(43)28-14-7-4-8-15-28/h3-24,35H,1-2H3,(H,40,44)(H,41,45)(H,42,43)/b34-23-. The first-order valence-corrected chi connectivity index (χ1v) is 15.5. The van der Waals surface area contributed by atoms with Crippen LogP contribution in [-0.4, -0.2) is 17.7 Å². The number of aryl methyl sites for hydroxylation is 2. The van der Waals surface area contributed by atoms with Gasteiger partial charge in [-0.15, -0.1) is 11.8 Å². The lowest BCUT2D eigenvalue weighted by Crippen LogP contribution is -2.30. The van der Waals surface area contributed by atoms with Crippen LogP contribution in [0.2, 0.25) is 0 Å². The van der Waals surface area contributed by atoms with Crippen molar-refractivity contribution >= 4 is 46.9 Å². The average molecular weight is 630 g/mol. The van der Waals surface area contributed by atoms with Crippen LogP contribution in [0.25, 0.3) is 6.08 Å². The molecule has 0 aliphatic heterocycles. The summed E-state index contributed by atoms with van der Waals surface area (Å²) in [6.45, 7) is 3.96. The molecule has 3 amide bonds. The van der Waals surface area contributed by atoms with E-state index in [-0.39, 0.29) is 17.2 Å². The Morgan fingerprint density at radius 3 is 2.04 bits per heavy atom. The summed E-state index contributed by atoms with van der Waals surface area (Å²) < 4.78 is 14.5. The summed E-state index contributed by atoms with van der Waals surface area (Å²) in [7, 11) is 0. The summed E-state index contributed by atoms with van der Waals surface area (Å²) in [4.78, 5) is 40.9. The van der Waals surface area contributed by atoms with E-state index in [4.69, 9.17) is 0 Å². The number of halogens is 1. The fraction of sp³-hybridized carbons (Fsp3) is 0.0789. The molecule has 5 aromatic carbocycles. The van der Waals surface area contributed by atoms with Gasteiger partial charge in [-0.05, 0) is 85.1 Å². The second-order valence-corrected chi connectivity index (χ2v) is 11.8. The Kier molecular flexibility index (Phi) is 10.4. The van der Waals surface area contributed by atoms with Crippen LogP contribution >= 0.6 is 11.8 Å². The average Bonchev–Trinajstić information content (AvgIpc) is 3.04. The van der Waals surface area contributed by atoms with Crippen molar-refractivity contribution in [1.82, 2.24) is 5.32 Å². The third-order valence-corrected chi connectivity index (χ3v) is 8.16. The molecule has 0 aliphatic carbocycles. The second kappa shape index (κ2) is 15.0. The van der Waals surface area contributed by atoms with E-state index in [1.807, 2.05) is 68.4 Å². The van der Waals surface area contributed by atoms with Gasteiger partial charge in [0.25, 0.3) is 11.8 Å². The van der Waals surface area contributed by atoms with Crippen molar-refractivity contribution in [3.05, 3.63) is 167 Å². The summed E-state index contributed by atoms with van der Waals surface area (Å²) >= 11 is 1.34. The SMILES string of the molecule is Cc1cc(C)cc(NC(=O)C(Sc2cccc(NC(=O)/C(=C/c3ccccc3F)NC(=O)c3ccccc3)c2)c2ccccc2)c1. The van der Waals surface area contributed by atoms with Gasteiger partial charge >= 0.3 is 0 Å². The van der Waals surface area contributed by atoms with Crippen LogP contribution in [-0.2, 0) is 9.59 Å². The van der Waals surface area contributed by atoms with Crippen LogP contribution in [0.4, 0.5) is 15.8 Å². The number of amides is 3. The highest BCUT2D eigenvalue weighted by Gasteiger charge is 2.23. The van der Waals surface area contributed by atoms with Crippen LogP contribution in [0.5, 0.6) is 0 Å². The van der Waals surface area contributed by atoms with Crippen molar-refractivity contribution < 1.29 is 18.8 Å². The maximum absolute atomic E-state index is 14.5. The van der Waals surface area contributed by atoms with Gasteiger partial charge < -0.3 is 16.0 Å². The van der Waals surface area contributed by atoms with Crippen LogP contribution < -0.4 is 16.0 Å². The minimum absolute atomic E-state index is 0.132. The van der Waals surface area contributed by atoms with Crippen LogP contribution in [0.1, 0.15) is 37.9 Å². The Balaban J connectivity index is 1.38. The zero-order valence-electron chi connectivity index (χ0n) is 25.3. The van der Waals surface area contributed by atoms with Crippen LogP contribution in [0, 0.1) is 19.7 Å². The number of anilines is 2. The number of carbonyl (C=O) groups is 3. The molecule has 1 unspecified atom stereocenters. The zero-order chi connectivity index (χ0) is 32.5. The predicted octanol–water partition coefficient (Wildman–Crippen LogP) is 8.32. The monoisotopic (exact) mass is 629 g/mol. The summed E-state index contributed by atoms with van der Waals surface area (Å²) in [5.41, 5.74) is 4.43. The van der Waals surface area contributed by atoms with Gasteiger partial charge in [0.2, 0.25) is 5.91 Å². The lowest BCUT2D eigenvalue weighted by molar-refractivity contribution is -0.116. The molecule has 0 spiro atoms. The van der Waals surface area contributed by atoms with E-state index in [9.17, 15) is 18.8 Å². The molecule has 0 aliphatic rings. The molecule has 0 saturated heterocycles. The molecular weight excluding hydrogens is 598 g/mol. The quantitative estimate of drug-likeness (QED) is 0.107. The maximum Gasteiger partial charge on any atom is 0.272 e. The van der Waals surface area contributed by atoms with Crippen molar-refractivity contribution in [3.63, 3.8) is 0 Å². The Bertz CT molecular complexity index is 1870. The number of carbonyl (C=O) groups excluding carboxylic acids is 3. The summed E-state index contributed by atoms with van der Waals surface area (Å²) in [5.74, 6) is -1.87. The molecule has 5 aromatic rings. The van der Waals surface area contributed by atoms with Gasteiger partial charge in [-0.1, -0.05) is 78.9 Å². The van der Waals surface area contributed by atoms with E-state index in [2.05, 4.69) is 16.0 Å². The molecule has 3 N–H and O–H groups in total. The third-order valence-electron chi connectivity index (χ3n) is 6.91. The first-order chi connectivity index (χ1) is 22.2. The van der Waals surface area contributed by atoms with Gasteiger partial charge in [-0.2, -0.15) is 0 Å². The van der Waals surface area contributed by atoms with E-state index in [0.29, 0.717) is 11.3 Å². The minimum Gasteiger partial charge on any atom is -0.325 e. The highest BCUT2D eigenvalue weighted by atomic mass is 32.2. The van der Waals surface area contributed by atoms with E-state index in [1.165, 1.54) is 30.0 Å². The first kappa shape index (κ1) is 31.9. The maximum atomic E-state index is 14.5. The lowest BCUT2D eigenvalue weighted by atomic mass is 10.1. The number of rotatable bonds is 10. The Morgan fingerprint density at radius 1 is 0.696 bits per heavy atom. The predicted molar refractivity (Wildman–Crippen MR) is 183 cm³/mol. The molecule has 0 heterocycles. The lowest BCUT2D eigenvalue weighted by Gasteiger charge is -2.18. The topological polar surface area (TPSA) is 87.3 Å². The van der Waals surface area contributed by atoms with Gasteiger partial charge in [0.15, 0.2) is 0 Å². The minimum atomic E-state index is -0.637. The molecule has 230 valence electrons. The van der Waals surface area contributed by atoms with E-state index >= 15 is 0 Å². The molecule has 8 heteroatoms. The molecule has 0 aromatic heterocycles. The van der Waals surface area contributed by atoms with Crippen LogP contribution in [0.3, 0.4) is 0 Å². The van der Waals surface area contributed by atoms with Gasteiger partial charge in [-0.3, -0.25) is 14.4 Å². The fourth-order valence-electron chi connectivity index (χ4n) is 4.83. The molecule has 5 rings (SSSR count). The molecule has 0 saturated carbocycles.